The van der Waals surface area contributed by atoms with E-state index in [-0.39, 0.29) is 11.0 Å². The van der Waals surface area contributed by atoms with Crippen molar-refractivity contribution in [2.75, 3.05) is 11.9 Å². The van der Waals surface area contributed by atoms with Gasteiger partial charge in [-0.25, -0.2) is 4.98 Å². The lowest BCUT2D eigenvalue weighted by molar-refractivity contribution is 0.571. The smallest absolute Gasteiger partial charge is 0.263 e. The van der Waals surface area contributed by atoms with Crippen LogP contribution in [0, 0.1) is 0 Å². The third kappa shape index (κ3) is 3.26. The molecule has 0 aliphatic carbocycles. The number of aromatic nitrogens is 5. The molecule has 3 heterocycles. The molecule has 0 spiro atoms. The van der Waals surface area contributed by atoms with E-state index in [0.29, 0.717) is 23.5 Å². The maximum absolute atomic E-state index is 12.0. The van der Waals surface area contributed by atoms with Crippen LogP contribution in [0.4, 0.5) is 5.95 Å². The number of hydrogen-bond acceptors (Lipinski definition) is 6. The number of rotatable bonds is 4. The standard InChI is InChI=1S/C15H20N6OS/c1-15(2,3)10-8-23-11(18-10)5-6-16-14-19-12-9(13(22)20-14)7-17-21(12)4/h7-8H,5-6H2,1-4H3,(H2,16,19,20,22). The maximum atomic E-state index is 12.0. The van der Waals surface area contributed by atoms with Gasteiger partial charge in [0.2, 0.25) is 5.95 Å². The van der Waals surface area contributed by atoms with E-state index < -0.39 is 0 Å². The van der Waals surface area contributed by atoms with Crippen molar-refractivity contribution in [2.45, 2.75) is 32.6 Å². The van der Waals surface area contributed by atoms with E-state index in [1.165, 1.54) is 6.20 Å². The summed E-state index contributed by atoms with van der Waals surface area (Å²) in [5.74, 6) is 0.457. The first kappa shape index (κ1) is 15.7. The van der Waals surface area contributed by atoms with Crippen LogP contribution in [0.1, 0.15) is 31.5 Å². The molecule has 0 bridgehead atoms. The number of thiazole rings is 1. The maximum Gasteiger partial charge on any atom is 0.263 e. The van der Waals surface area contributed by atoms with Crippen LogP contribution in [0.3, 0.4) is 0 Å². The van der Waals surface area contributed by atoms with E-state index in [1.54, 1.807) is 23.1 Å². The first-order valence-electron chi connectivity index (χ1n) is 7.45. The minimum atomic E-state index is -0.185. The Kier molecular flexibility index (Phi) is 3.93. The molecule has 0 saturated heterocycles. The lowest BCUT2D eigenvalue weighted by Crippen LogP contribution is -2.15. The largest absolute Gasteiger partial charge is 0.355 e. The monoisotopic (exact) mass is 332 g/mol. The normalized spacial score (nSPS) is 12.0. The molecule has 23 heavy (non-hydrogen) atoms. The van der Waals surface area contributed by atoms with Crippen molar-refractivity contribution in [3.63, 3.8) is 0 Å². The molecule has 0 saturated carbocycles. The molecule has 122 valence electrons. The van der Waals surface area contributed by atoms with Gasteiger partial charge in [-0.15, -0.1) is 11.3 Å². The zero-order valence-electron chi connectivity index (χ0n) is 13.7. The Labute approximate surface area is 137 Å². The summed E-state index contributed by atoms with van der Waals surface area (Å²) < 4.78 is 1.59. The Morgan fingerprint density at radius 1 is 1.35 bits per heavy atom. The van der Waals surface area contributed by atoms with Gasteiger partial charge in [0, 0.05) is 30.8 Å². The second-order valence-corrected chi connectivity index (χ2v) is 7.42. The van der Waals surface area contributed by atoms with Crippen LogP contribution >= 0.6 is 11.3 Å². The van der Waals surface area contributed by atoms with Crippen LogP contribution in [0.25, 0.3) is 11.0 Å². The average Bonchev–Trinajstić information content (AvgIpc) is 3.07. The van der Waals surface area contributed by atoms with Crippen LogP contribution in [-0.4, -0.2) is 31.3 Å². The molecule has 3 aromatic heterocycles. The zero-order valence-corrected chi connectivity index (χ0v) is 14.5. The third-order valence-corrected chi connectivity index (χ3v) is 4.46. The molecule has 3 aromatic rings. The summed E-state index contributed by atoms with van der Waals surface area (Å²) in [6, 6.07) is 0. The molecule has 0 aliphatic rings. The highest BCUT2D eigenvalue weighted by Crippen LogP contribution is 2.24. The first-order valence-corrected chi connectivity index (χ1v) is 8.33. The number of aromatic amines is 1. The van der Waals surface area contributed by atoms with Crippen molar-refractivity contribution in [1.29, 1.82) is 0 Å². The highest BCUT2D eigenvalue weighted by atomic mass is 32.1. The van der Waals surface area contributed by atoms with Crippen LogP contribution in [0.2, 0.25) is 0 Å². The molecule has 0 fully saturated rings. The number of anilines is 1. The highest BCUT2D eigenvalue weighted by molar-refractivity contribution is 7.09. The van der Waals surface area contributed by atoms with Gasteiger partial charge in [0.05, 0.1) is 16.9 Å². The molecule has 0 aromatic carbocycles. The van der Waals surface area contributed by atoms with Gasteiger partial charge in [-0.1, -0.05) is 20.8 Å². The molecule has 7 nitrogen and oxygen atoms in total. The molecule has 8 heteroatoms. The summed E-state index contributed by atoms with van der Waals surface area (Å²) in [7, 11) is 1.77. The summed E-state index contributed by atoms with van der Waals surface area (Å²) in [4.78, 5) is 23.7. The van der Waals surface area contributed by atoms with E-state index in [2.05, 4.69) is 51.5 Å². The number of H-pyrrole nitrogens is 1. The van der Waals surface area contributed by atoms with Gasteiger partial charge in [-0.3, -0.25) is 14.5 Å². The van der Waals surface area contributed by atoms with Crippen LogP contribution in [-0.2, 0) is 18.9 Å². The molecule has 0 amide bonds. The Morgan fingerprint density at radius 3 is 2.83 bits per heavy atom. The van der Waals surface area contributed by atoms with Crippen molar-refractivity contribution in [3.05, 3.63) is 32.6 Å². The average molecular weight is 332 g/mol. The quantitative estimate of drug-likeness (QED) is 0.763. The zero-order chi connectivity index (χ0) is 16.6. The minimum Gasteiger partial charge on any atom is -0.355 e. The number of aryl methyl sites for hydroxylation is 1. The molecule has 0 atom stereocenters. The van der Waals surface area contributed by atoms with E-state index in [4.69, 9.17) is 0 Å². The molecular formula is C15H20N6OS. The number of nitrogens with one attached hydrogen (secondary N) is 2. The van der Waals surface area contributed by atoms with Crippen molar-refractivity contribution in [2.24, 2.45) is 7.05 Å². The van der Waals surface area contributed by atoms with Gasteiger partial charge in [0.1, 0.15) is 5.39 Å². The molecule has 0 radical (unpaired) electrons. The van der Waals surface area contributed by atoms with E-state index in [9.17, 15) is 4.79 Å². The highest BCUT2D eigenvalue weighted by Gasteiger charge is 2.17. The predicted molar refractivity (Wildman–Crippen MR) is 92.1 cm³/mol. The molecule has 0 aliphatic heterocycles. The summed E-state index contributed by atoms with van der Waals surface area (Å²) >= 11 is 1.66. The lowest BCUT2D eigenvalue weighted by atomic mass is 9.93. The van der Waals surface area contributed by atoms with Crippen molar-refractivity contribution in [1.82, 2.24) is 24.7 Å². The summed E-state index contributed by atoms with van der Waals surface area (Å²) in [5, 5.41) is 10.9. The SMILES string of the molecule is Cn1ncc2c(=O)[nH]c(NCCc3nc(C(C)(C)C)cs3)nc21. The molecular weight excluding hydrogens is 312 g/mol. The second kappa shape index (κ2) is 5.77. The van der Waals surface area contributed by atoms with Crippen molar-refractivity contribution in [3.8, 4) is 0 Å². The van der Waals surface area contributed by atoms with E-state index >= 15 is 0 Å². The second-order valence-electron chi connectivity index (χ2n) is 6.47. The van der Waals surface area contributed by atoms with Crippen LogP contribution in [0.5, 0.6) is 0 Å². The minimum absolute atomic E-state index is 0.0690. The molecule has 0 unspecified atom stereocenters. The van der Waals surface area contributed by atoms with Crippen molar-refractivity contribution < 1.29 is 0 Å². The van der Waals surface area contributed by atoms with E-state index in [1.807, 2.05) is 0 Å². The van der Waals surface area contributed by atoms with Crippen LogP contribution < -0.4 is 10.9 Å². The summed E-state index contributed by atoms with van der Waals surface area (Å²) in [6.07, 6.45) is 2.31. The fraction of sp³-hybridized carbons (Fsp3) is 0.467. The van der Waals surface area contributed by atoms with Gasteiger partial charge < -0.3 is 5.32 Å². The lowest BCUT2D eigenvalue weighted by Gasteiger charge is -2.14. The first-order chi connectivity index (χ1) is 10.8. The Balaban J connectivity index is 1.68. The Hall–Kier alpha value is -2.22. The van der Waals surface area contributed by atoms with Gasteiger partial charge >= 0.3 is 0 Å². The fourth-order valence-electron chi connectivity index (χ4n) is 2.17. The van der Waals surface area contributed by atoms with Gasteiger partial charge in [0.25, 0.3) is 5.56 Å². The third-order valence-electron chi connectivity index (χ3n) is 3.55. The molecule has 2 N–H and O–H groups in total. The predicted octanol–water partition coefficient (Wildman–Crippen LogP) is 2.07. The topological polar surface area (TPSA) is 88.5 Å². The van der Waals surface area contributed by atoms with Gasteiger partial charge in [-0.2, -0.15) is 10.1 Å². The van der Waals surface area contributed by atoms with E-state index in [0.717, 1.165) is 17.1 Å². The fourth-order valence-corrected chi connectivity index (χ4v) is 3.20. The molecule has 3 rings (SSSR count). The van der Waals surface area contributed by atoms with Crippen LogP contribution in [0.15, 0.2) is 16.4 Å². The van der Waals surface area contributed by atoms with Gasteiger partial charge in [0.15, 0.2) is 5.65 Å². The van der Waals surface area contributed by atoms with Gasteiger partial charge in [-0.05, 0) is 0 Å². The Bertz CT molecular complexity index is 885. The number of nitrogens with zero attached hydrogens (tertiary/aromatic N) is 4. The Morgan fingerprint density at radius 2 is 2.13 bits per heavy atom. The number of fused-ring (bicyclic) bond motifs is 1. The summed E-state index contributed by atoms with van der Waals surface area (Å²) in [6.45, 7) is 7.12. The number of hydrogen-bond donors (Lipinski definition) is 2. The van der Waals surface area contributed by atoms with Crippen molar-refractivity contribution >= 4 is 28.3 Å². The summed E-state index contributed by atoms with van der Waals surface area (Å²) in [5.41, 5.74) is 1.57.